The molecular formula is C29H20N2O. The molecule has 0 bridgehead atoms. The number of nitrogens with one attached hydrogen (secondary N) is 2. The van der Waals surface area contributed by atoms with Gasteiger partial charge in [-0.25, -0.2) is 0 Å². The van der Waals surface area contributed by atoms with E-state index < -0.39 is 5.41 Å². The van der Waals surface area contributed by atoms with Gasteiger partial charge in [-0.05, 0) is 47.2 Å². The highest BCUT2D eigenvalue weighted by molar-refractivity contribution is 5.85. The molecule has 1 aliphatic heterocycles. The maximum absolute atomic E-state index is 6.40. The predicted molar refractivity (Wildman–Crippen MR) is 129 cm³/mol. The van der Waals surface area contributed by atoms with Crippen molar-refractivity contribution in [1.82, 2.24) is 9.97 Å². The van der Waals surface area contributed by atoms with Gasteiger partial charge >= 0.3 is 0 Å². The molecule has 0 saturated heterocycles. The Balaban J connectivity index is 1.67. The van der Waals surface area contributed by atoms with E-state index in [2.05, 4.69) is 107 Å². The predicted octanol–water partition coefficient (Wildman–Crippen LogP) is 7.14. The number of fused-ring (bicyclic) bond motifs is 4. The van der Waals surface area contributed by atoms with Crippen LogP contribution in [0.3, 0.4) is 0 Å². The lowest BCUT2D eigenvalue weighted by Crippen LogP contribution is -2.34. The van der Waals surface area contributed by atoms with Crippen molar-refractivity contribution in [2.24, 2.45) is 0 Å². The average Bonchev–Trinajstić information content (AvgIpc) is 3.47. The molecule has 2 N–H and O–H groups in total. The minimum atomic E-state index is -0.566. The van der Waals surface area contributed by atoms with Crippen LogP contribution in [-0.2, 0) is 5.41 Å². The highest BCUT2D eigenvalue weighted by Crippen LogP contribution is 2.55. The van der Waals surface area contributed by atoms with Crippen LogP contribution in [0, 0.1) is 0 Å². The summed E-state index contributed by atoms with van der Waals surface area (Å²) in [7, 11) is 0. The maximum atomic E-state index is 6.40. The van der Waals surface area contributed by atoms with Crippen LogP contribution in [-0.4, -0.2) is 9.97 Å². The van der Waals surface area contributed by atoms with Crippen LogP contribution in [0.5, 0.6) is 11.5 Å². The van der Waals surface area contributed by atoms with Crippen LogP contribution in [0.15, 0.2) is 109 Å². The van der Waals surface area contributed by atoms with Crippen LogP contribution in [0.1, 0.15) is 22.5 Å². The first kappa shape index (κ1) is 17.4. The van der Waals surface area contributed by atoms with E-state index in [1.807, 2.05) is 12.1 Å². The number of benzene rings is 4. The van der Waals surface area contributed by atoms with Gasteiger partial charge in [-0.1, -0.05) is 72.8 Å². The molecule has 2 aromatic heterocycles. The lowest BCUT2D eigenvalue weighted by molar-refractivity contribution is 0.431. The first-order chi connectivity index (χ1) is 15.8. The summed E-state index contributed by atoms with van der Waals surface area (Å²) < 4.78 is 6.40. The van der Waals surface area contributed by atoms with Crippen molar-refractivity contribution in [3.63, 3.8) is 0 Å². The quantitative estimate of drug-likeness (QED) is 0.311. The molecule has 152 valence electrons. The molecule has 0 unspecified atom stereocenters. The van der Waals surface area contributed by atoms with E-state index in [-0.39, 0.29) is 0 Å². The van der Waals surface area contributed by atoms with Crippen molar-refractivity contribution >= 4 is 21.8 Å². The Hall–Kier alpha value is -4.24. The third-order valence-corrected chi connectivity index (χ3v) is 6.67. The summed E-state index contributed by atoms with van der Waals surface area (Å²) in [6, 6.07) is 38.2. The number of aromatic amines is 2. The highest BCUT2D eigenvalue weighted by atomic mass is 16.5. The standard InChI is InChI=1S/C29H20N2O/c1-5-13-23-19(9-1)17-27(30-23)29(28-18-20-10-2-6-14-24(20)31-28)21-11-3-7-15-25(21)32-26-16-8-4-12-22(26)29/h1-18,30-31H. The number of H-pyrrole nitrogens is 2. The molecule has 0 amide bonds. The summed E-state index contributed by atoms with van der Waals surface area (Å²) in [5.74, 6) is 1.76. The van der Waals surface area contributed by atoms with Gasteiger partial charge in [0.25, 0.3) is 0 Å². The Morgan fingerprint density at radius 1 is 0.500 bits per heavy atom. The fourth-order valence-electron chi connectivity index (χ4n) is 5.27. The largest absolute Gasteiger partial charge is 0.457 e. The zero-order valence-electron chi connectivity index (χ0n) is 17.3. The number of para-hydroxylation sites is 4. The van der Waals surface area contributed by atoms with Crippen molar-refractivity contribution in [2.75, 3.05) is 0 Å². The molecule has 0 fully saturated rings. The summed E-state index contributed by atoms with van der Waals surface area (Å²) in [4.78, 5) is 7.51. The van der Waals surface area contributed by atoms with Crippen molar-refractivity contribution in [2.45, 2.75) is 5.41 Å². The Morgan fingerprint density at radius 3 is 1.44 bits per heavy atom. The second kappa shape index (κ2) is 6.38. The molecule has 32 heavy (non-hydrogen) atoms. The summed E-state index contributed by atoms with van der Waals surface area (Å²) in [5.41, 5.74) is 6.16. The van der Waals surface area contributed by atoms with Gasteiger partial charge in [-0.2, -0.15) is 0 Å². The van der Waals surface area contributed by atoms with Crippen LogP contribution in [0.25, 0.3) is 21.8 Å². The molecule has 3 nitrogen and oxygen atoms in total. The van der Waals surface area contributed by atoms with Gasteiger partial charge in [-0.3, -0.25) is 0 Å². The molecule has 0 aliphatic carbocycles. The summed E-state index contributed by atoms with van der Waals surface area (Å²) in [6.45, 7) is 0. The topological polar surface area (TPSA) is 40.8 Å². The molecule has 0 saturated carbocycles. The van der Waals surface area contributed by atoms with E-state index in [4.69, 9.17) is 4.74 Å². The normalized spacial score (nSPS) is 14.1. The van der Waals surface area contributed by atoms with Crippen LogP contribution < -0.4 is 4.74 Å². The summed E-state index contributed by atoms with van der Waals surface area (Å²) >= 11 is 0. The minimum Gasteiger partial charge on any atom is -0.457 e. The molecule has 1 aliphatic rings. The maximum Gasteiger partial charge on any atom is 0.132 e. The highest BCUT2D eigenvalue weighted by Gasteiger charge is 2.47. The minimum absolute atomic E-state index is 0.566. The van der Waals surface area contributed by atoms with E-state index in [1.54, 1.807) is 0 Å². The molecule has 0 spiro atoms. The first-order valence-electron chi connectivity index (χ1n) is 10.9. The number of ether oxygens (including phenoxy) is 1. The van der Waals surface area contributed by atoms with E-state index in [1.165, 1.54) is 10.8 Å². The fraction of sp³-hybridized carbons (Fsp3) is 0.0345. The third-order valence-electron chi connectivity index (χ3n) is 6.67. The number of rotatable bonds is 2. The molecule has 3 heterocycles. The second-order valence-electron chi connectivity index (χ2n) is 8.38. The van der Waals surface area contributed by atoms with Gasteiger partial charge in [0.2, 0.25) is 0 Å². The molecule has 0 atom stereocenters. The van der Waals surface area contributed by atoms with Crippen molar-refractivity contribution in [1.29, 1.82) is 0 Å². The van der Waals surface area contributed by atoms with Gasteiger partial charge in [0.15, 0.2) is 0 Å². The van der Waals surface area contributed by atoms with Crippen LogP contribution in [0.4, 0.5) is 0 Å². The van der Waals surface area contributed by atoms with E-state index in [0.29, 0.717) is 0 Å². The van der Waals surface area contributed by atoms with Gasteiger partial charge in [-0.15, -0.1) is 0 Å². The second-order valence-corrected chi connectivity index (χ2v) is 8.38. The molecule has 6 aromatic rings. The Labute approximate surface area is 185 Å². The van der Waals surface area contributed by atoms with Crippen LogP contribution in [0.2, 0.25) is 0 Å². The zero-order chi connectivity index (χ0) is 21.1. The Morgan fingerprint density at radius 2 is 0.938 bits per heavy atom. The van der Waals surface area contributed by atoms with Gasteiger partial charge < -0.3 is 14.7 Å². The molecule has 3 heteroatoms. The van der Waals surface area contributed by atoms with Gasteiger partial charge in [0.05, 0.1) is 0 Å². The lowest BCUT2D eigenvalue weighted by Gasteiger charge is -2.39. The smallest absolute Gasteiger partial charge is 0.132 e. The summed E-state index contributed by atoms with van der Waals surface area (Å²) in [5, 5.41) is 2.39. The van der Waals surface area contributed by atoms with Crippen molar-refractivity contribution in [3.05, 3.63) is 132 Å². The Kier molecular flexibility index (Phi) is 3.48. The molecule has 0 radical (unpaired) electrons. The summed E-state index contributed by atoms with van der Waals surface area (Å²) in [6.07, 6.45) is 0. The van der Waals surface area contributed by atoms with Crippen molar-refractivity contribution in [3.8, 4) is 11.5 Å². The Bertz CT molecular complexity index is 1430. The van der Waals surface area contributed by atoms with Crippen LogP contribution >= 0.6 is 0 Å². The van der Waals surface area contributed by atoms with E-state index in [0.717, 1.165) is 45.0 Å². The fourth-order valence-corrected chi connectivity index (χ4v) is 5.27. The average molecular weight is 412 g/mol. The number of hydrogen-bond acceptors (Lipinski definition) is 1. The first-order valence-corrected chi connectivity index (χ1v) is 10.9. The number of aromatic nitrogens is 2. The molecule has 7 rings (SSSR count). The number of hydrogen-bond donors (Lipinski definition) is 2. The molecular weight excluding hydrogens is 392 g/mol. The third kappa shape index (κ3) is 2.25. The van der Waals surface area contributed by atoms with Gasteiger partial charge in [0.1, 0.15) is 16.9 Å². The van der Waals surface area contributed by atoms with E-state index in [9.17, 15) is 0 Å². The monoisotopic (exact) mass is 412 g/mol. The lowest BCUT2D eigenvalue weighted by atomic mass is 9.68. The SMILES string of the molecule is c1ccc2c(c1)Oc1ccccc1C2(c1cc2ccccc2[nH]1)c1cc2ccccc2[nH]1. The molecule has 4 aromatic carbocycles. The zero-order valence-corrected chi connectivity index (χ0v) is 17.3. The van der Waals surface area contributed by atoms with E-state index >= 15 is 0 Å². The van der Waals surface area contributed by atoms with Crippen molar-refractivity contribution < 1.29 is 4.74 Å². The van der Waals surface area contributed by atoms with Gasteiger partial charge in [0, 0.05) is 33.5 Å².